The van der Waals surface area contributed by atoms with Gasteiger partial charge >= 0.3 is 0 Å². The molecular formula is C20H20ClFN2O3. The SMILES string of the molecule is COc1ccc(NC(=O)C2CC2C(=O)NCCc2ccccc2F)cc1Cl. The molecule has 1 fully saturated rings. The number of hydrogen-bond acceptors (Lipinski definition) is 3. The third kappa shape index (κ3) is 4.77. The highest BCUT2D eigenvalue weighted by molar-refractivity contribution is 6.32. The van der Waals surface area contributed by atoms with Gasteiger partial charge in [0.2, 0.25) is 11.8 Å². The first-order chi connectivity index (χ1) is 13.0. The minimum absolute atomic E-state index is 0.181. The van der Waals surface area contributed by atoms with Crippen molar-refractivity contribution in [3.8, 4) is 5.75 Å². The van der Waals surface area contributed by atoms with Crippen LogP contribution in [-0.4, -0.2) is 25.5 Å². The third-order valence-electron chi connectivity index (χ3n) is 4.53. The van der Waals surface area contributed by atoms with Gasteiger partial charge in [-0.1, -0.05) is 29.8 Å². The molecule has 3 rings (SSSR count). The highest BCUT2D eigenvalue weighted by Crippen LogP contribution is 2.39. The average molecular weight is 391 g/mol. The van der Waals surface area contributed by atoms with Crippen LogP contribution in [0.3, 0.4) is 0 Å². The van der Waals surface area contributed by atoms with Crippen LogP contribution in [-0.2, 0) is 16.0 Å². The van der Waals surface area contributed by atoms with Crippen molar-refractivity contribution < 1.29 is 18.7 Å². The maximum absolute atomic E-state index is 13.6. The van der Waals surface area contributed by atoms with Crippen LogP contribution >= 0.6 is 11.6 Å². The predicted molar refractivity (Wildman–Crippen MR) is 101 cm³/mol. The molecule has 142 valence electrons. The summed E-state index contributed by atoms with van der Waals surface area (Å²) in [5, 5.41) is 5.93. The zero-order valence-electron chi connectivity index (χ0n) is 14.8. The maximum atomic E-state index is 13.6. The van der Waals surface area contributed by atoms with Crippen LogP contribution in [0.4, 0.5) is 10.1 Å². The van der Waals surface area contributed by atoms with E-state index in [1.165, 1.54) is 13.2 Å². The van der Waals surface area contributed by atoms with Crippen molar-refractivity contribution in [2.45, 2.75) is 12.8 Å². The van der Waals surface area contributed by atoms with Crippen LogP contribution in [0.1, 0.15) is 12.0 Å². The van der Waals surface area contributed by atoms with E-state index in [0.29, 0.717) is 41.4 Å². The molecule has 0 spiro atoms. The Balaban J connectivity index is 1.45. The summed E-state index contributed by atoms with van der Waals surface area (Å²) in [6.45, 7) is 0.332. The molecule has 0 radical (unpaired) electrons. The molecule has 1 aliphatic carbocycles. The van der Waals surface area contributed by atoms with Crippen molar-refractivity contribution >= 4 is 29.1 Å². The molecule has 5 nitrogen and oxygen atoms in total. The lowest BCUT2D eigenvalue weighted by Gasteiger charge is -2.08. The van der Waals surface area contributed by atoms with Crippen molar-refractivity contribution in [1.29, 1.82) is 0 Å². The topological polar surface area (TPSA) is 67.4 Å². The van der Waals surface area contributed by atoms with E-state index in [9.17, 15) is 14.0 Å². The number of carbonyl (C=O) groups is 2. The number of nitrogens with one attached hydrogen (secondary N) is 2. The van der Waals surface area contributed by atoms with E-state index >= 15 is 0 Å². The summed E-state index contributed by atoms with van der Waals surface area (Å²) in [6.07, 6.45) is 0.910. The molecule has 0 aliphatic heterocycles. The van der Waals surface area contributed by atoms with Gasteiger partial charge in [0, 0.05) is 12.2 Å². The fourth-order valence-corrected chi connectivity index (χ4v) is 3.16. The Labute approximate surface area is 161 Å². The van der Waals surface area contributed by atoms with E-state index in [1.54, 1.807) is 36.4 Å². The van der Waals surface area contributed by atoms with Crippen molar-refractivity contribution in [2.24, 2.45) is 11.8 Å². The van der Waals surface area contributed by atoms with Gasteiger partial charge in [0.05, 0.1) is 24.0 Å². The van der Waals surface area contributed by atoms with E-state index in [1.807, 2.05) is 0 Å². The number of rotatable bonds is 7. The smallest absolute Gasteiger partial charge is 0.228 e. The Morgan fingerprint density at radius 3 is 2.63 bits per heavy atom. The van der Waals surface area contributed by atoms with Crippen molar-refractivity contribution in [2.75, 3.05) is 19.0 Å². The Bertz CT molecular complexity index is 859. The molecule has 0 heterocycles. The predicted octanol–water partition coefficient (Wildman–Crippen LogP) is 3.42. The number of methoxy groups -OCH3 is 1. The second kappa shape index (κ2) is 8.39. The monoisotopic (exact) mass is 390 g/mol. The molecule has 2 amide bonds. The summed E-state index contributed by atoms with van der Waals surface area (Å²) in [7, 11) is 1.51. The van der Waals surface area contributed by atoms with Gasteiger partial charge in [-0.05, 0) is 42.7 Å². The zero-order chi connectivity index (χ0) is 19.4. The summed E-state index contributed by atoms with van der Waals surface area (Å²) in [6, 6.07) is 11.4. The lowest BCUT2D eigenvalue weighted by atomic mass is 10.1. The first-order valence-corrected chi connectivity index (χ1v) is 9.03. The molecule has 7 heteroatoms. The molecule has 0 bridgehead atoms. The molecule has 2 atom stereocenters. The van der Waals surface area contributed by atoms with Gasteiger partial charge in [0.1, 0.15) is 11.6 Å². The lowest BCUT2D eigenvalue weighted by Crippen LogP contribution is -2.29. The molecule has 0 aromatic heterocycles. The van der Waals surface area contributed by atoms with Gasteiger partial charge in [0.25, 0.3) is 0 Å². The first-order valence-electron chi connectivity index (χ1n) is 8.65. The van der Waals surface area contributed by atoms with Gasteiger partial charge in [0.15, 0.2) is 0 Å². The largest absolute Gasteiger partial charge is 0.495 e. The molecule has 0 saturated heterocycles. The zero-order valence-corrected chi connectivity index (χ0v) is 15.6. The normalized spacial score (nSPS) is 17.9. The number of benzene rings is 2. The van der Waals surface area contributed by atoms with Crippen LogP contribution in [0.2, 0.25) is 5.02 Å². The fourth-order valence-electron chi connectivity index (χ4n) is 2.91. The van der Waals surface area contributed by atoms with Crippen molar-refractivity contribution in [1.82, 2.24) is 5.32 Å². The molecule has 2 aromatic carbocycles. The van der Waals surface area contributed by atoms with Crippen LogP contribution < -0.4 is 15.4 Å². The Kier molecular flexibility index (Phi) is 5.96. The number of amides is 2. The lowest BCUT2D eigenvalue weighted by molar-refractivity contribution is -0.125. The molecule has 2 aromatic rings. The molecule has 27 heavy (non-hydrogen) atoms. The summed E-state index contributed by atoms with van der Waals surface area (Å²) in [4.78, 5) is 24.4. The second-order valence-corrected chi connectivity index (χ2v) is 6.83. The Hall–Kier alpha value is -2.60. The van der Waals surface area contributed by atoms with Gasteiger partial charge in [-0.2, -0.15) is 0 Å². The molecule has 1 aliphatic rings. The minimum atomic E-state index is -0.362. The Morgan fingerprint density at radius 1 is 1.19 bits per heavy atom. The van der Waals surface area contributed by atoms with E-state index in [-0.39, 0.29) is 29.5 Å². The van der Waals surface area contributed by atoms with Crippen molar-refractivity contribution in [3.63, 3.8) is 0 Å². The quantitative estimate of drug-likeness (QED) is 0.761. The minimum Gasteiger partial charge on any atom is -0.495 e. The number of ether oxygens (including phenoxy) is 1. The van der Waals surface area contributed by atoms with E-state index in [0.717, 1.165) is 0 Å². The van der Waals surface area contributed by atoms with E-state index < -0.39 is 0 Å². The van der Waals surface area contributed by atoms with Crippen LogP contribution in [0.25, 0.3) is 0 Å². The maximum Gasteiger partial charge on any atom is 0.228 e. The van der Waals surface area contributed by atoms with E-state index in [4.69, 9.17) is 16.3 Å². The summed E-state index contributed by atoms with van der Waals surface area (Å²) in [5.41, 5.74) is 1.11. The summed E-state index contributed by atoms with van der Waals surface area (Å²) < 4.78 is 18.6. The van der Waals surface area contributed by atoms with Gasteiger partial charge in [-0.3, -0.25) is 9.59 Å². The van der Waals surface area contributed by atoms with Crippen LogP contribution in [0, 0.1) is 17.7 Å². The van der Waals surface area contributed by atoms with Crippen LogP contribution in [0.5, 0.6) is 5.75 Å². The molecule has 1 saturated carbocycles. The fraction of sp³-hybridized carbons (Fsp3) is 0.300. The van der Waals surface area contributed by atoms with Gasteiger partial charge in [-0.25, -0.2) is 4.39 Å². The summed E-state index contributed by atoms with van der Waals surface area (Å²) >= 11 is 6.04. The average Bonchev–Trinajstić information content (AvgIpc) is 3.44. The Morgan fingerprint density at radius 2 is 1.93 bits per heavy atom. The standard InChI is InChI=1S/C20H20ClFN2O3/c1-27-18-7-6-13(10-16(18)21)24-20(26)15-11-14(15)19(25)23-9-8-12-4-2-3-5-17(12)22/h2-7,10,14-15H,8-9,11H2,1H3,(H,23,25)(H,24,26). The van der Waals surface area contributed by atoms with Crippen molar-refractivity contribution in [3.05, 3.63) is 58.9 Å². The summed E-state index contributed by atoms with van der Waals surface area (Å²) in [5.74, 6) is -0.870. The highest BCUT2D eigenvalue weighted by Gasteiger charge is 2.47. The molecule has 2 unspecified atom stereocenters. The number of anilines is 1. The first kappa shape index (κ1) is 19.2. The second-order valence-electron chi connectivity index (χ2n) is 6.42. The molecule has 2 N–H and O–H groups in total. The van der Waals surface area contributed by atoms with Crippen LogP contribution in [0.15, 0.2) is 42.5 Å². The van der Waals surface area contributed by atoms with Gasteiger partial charge < -0.3 is 15.4 Å². The number of halogens is 2. The number of carbonyl (C=O) groups excluding carboxylic acids is 2. The third-order valence-corrected chi connectivity index (χ3v) is 4.83. The molecular weight excluding hydrogens is 371 g/mol. The van der Waals surface area contributed by atoms with Gasteiger partial charge in [-0.15, -0.1) is 0 Å². The highest BCUT2D eigenvalue weighted by atomic mass is 35.5. The number of hydrogen-bond donors (Lipinski definition) is 2. The van der Waals surface area contributed by atoms with E-state index in [2.05, 4.69) is 10.6 Å².